The minimum Gasteiger partial charge on any atom is -0.496 e. The average Bonchev–Trinajstić information content (AvgIpc) is 2.46. The van der Waals surface area contributed by atoms with Crippen LogP contribution in [-0.4, -0.2) is 28.2 Å². The second-order valence-electron chi connectivity index (χ2n) is 4.29. The first-order chi connectivity index (χ1) is 10.0. The standard InChI is InChI=1S/C14H12Cl2N2O3/c1-21-11-5-3-2-4-9(11)10(13(19)20)6-8-7-17-14(16)18-12(8)15/h2-5,7,10H,6H2,1H3,(H,19,20). The predicted octanol–water partition coefficient (Wildman–Crippen LogP) is 3.20. The van der Waals surface area contributed by atoms with Crippen molar-refractivity contribution >= 4 is 29.2 Å². The zero-order chi connectivity index (χ0) is 15.4. The topological polar surface area (TPSA) is 72.3 Å². The normalized spacial score (nSPS) is 12.0. The van der Waals surface area contributed by atoms with E-state index in [9.17, 15) is 9.90 Å². The first kappa shape index (κ1) is 15.5. The maximum atomic E-state index is 11.6. The number of para-hydroxylation sites is 1. The highest BCUT2D eigenvalue weighted by Crippen LogP contribution is 2.31. The number of rotatable bonds is 5. The predicted molar refractivity (Wildman–Crippen MR) is 79.1 cm³/mol. The fourth-order valence-corrected chi connectivity index (χ4v) is 2.39. The van der Waals surface area contributed by atoms with Crippen LogP contribution in [-0.2, 0) is 11.2 Å². The number of hydrogen-bond donors (Lipinski definition) is 1. The van der Waals surface area contributed by atoms with Crippen molar-refractivity contribution in [1.82, 2.24) is 9.97 Å². The van der Waals surface area contributed by atoms with E-state index in [0.29, 0.717) is 16.9 Å². The van der Waals surface area contributed by atoms with E-state index in [1.165, 1.54) is 13.3 Å². The van der Waals surface area contributed by atoms with Gasteiger partial charge in [-0.2, -0.15) is 0 Å². The summed E-state index contributed by atoms with van der Waals surface area (Å²) in [5.74, 6) is -1.29. The molecule has 0 amide bonds. The number of aliphatic carboxylic acids is 1. The molecule has 0 aliphatic rings. The van der Waals surface area contributed by atoms with Gasteiger partial charge in [-0.25, -0.2) is 9.97 Å². The van der Waals surface area contributed by atoms with E-state index in [1.54, 1.807) is 24.3 Å². The monoisotopic (exact) mass is 326 g/mol. The third-order valence-corrected chi connectivity index (χ3v) is 3.53. The number of halogens is 2. The molecule has 1 N–H and O–H groups in total. The smallest absolute Gasteiger partial charge is 0.311 e. The van der Waals surface area contributed by atoms with Gasteiger partial charge < -0.3 is 9.84 Å². The van der Waals surface area contributed by atoms with Crippen LogP contribution in [0.5, 0.6) is 5.75 Å². The quantitative estimate of drug-likeness (QED) is 0.674. The molecule has 110 valence electrons. The maximum absolute atomic E-state index is 11.6. The molecule has 1 aromatic carbocycles. The summed E-state index contributed by atoms with van der Waals surface area (Å²) in [6.45, 7) is 0. The first-order valence-corrected chi connectivity index (χ1v) is 6.81. The van der Waals surface area contributed by atoms with Gasteiger partial charge in [0.2, 0.25) is 5.28 Å². The van der Waals surface area contributed by atoms with E-state index >= 15 is 0 Å². The van der Waals surface area contributed by atoms with Gasteiger partial charge in [0.1, 0.15) is 10.9 Å². The van der Waals surface area contributed by atoms with Crippen LogP contribution in [0.2, 0.25) is 10.4 Å². The first-order valence-electron chi connectivity index (χ1n) is 6.05. The van der Waals surface area contributed by atoms with Gasteiger partial charge >= 0.3 is 5.97 Å². The fourth-order valence-electron chi connectivity index (χ4n) is 2.01. The SMILES string of the molecule is COc1ccccc1C(Cc1cnc(Cl)nc1Cl)C(=O)O. The summed E-state index contributed by atoms with van der Waals surface area (Å²) < 4.78 is 5.21. The van der Waals surface area contributed by atoms with Crippen molar-refractivity contribution in [2.24, 2.45) is 0 Å². The highest BCUT2D eigenvalue weighted by molar-refractivity contribution is 6.32. The molecule has 2 aromatic rings. The number of carboxylic acids is 1. The van der Waals surface area contributed by atoms with Gasteiger partial charge in [0.05, 0.1) is 13.0 Å². The van der Waals surface area contributed by atoms with Crippen molar-refractivity contribution in [2.45, 2.75) is 12.3 Å². The van der Waals surface area contributed by atoms with Crippen LogP contribution in [0.3, 0.4) is 0 Å². The van der Waals surface area contributed by atoms with E-state index in [-0.39, 0.29) is 16.9 Å². The summed E-state index contributed by atoms with van der Waals surface area (Å²) >= 11 is 11.6. The minimum atomic E-state index is -0.981. The third kappa shape index (κ3) is 3.62. The molecule has 0 saturated heterocycles. The van der Waals surface area contributed by atoms with E-state index in [4.69, 9.17) is 27.9 Å². The van der Waals surface area contributed by atoms with Crippen molar-refractivity contribution < 1.29 is 14.6 Å². The summed E-state index contributed by atoms with van der Waals surface area (Å²) in [4.78, 5) is 19.2. The molecule has 0 aliphatic heterocycles. The molecule has 0 aliphatic carbocycles. The molecule has 1 atom stereocenters. The molecule has 21 heavy (non-hydrogen) atoms. The van der Waals surface area contributed by atoms with Crippen LogP contribution < -0.4 is 4.74 Å². The summed E-state index contributed by atoms with van der Waals surface area (Å²) in [6, 6.07) is 6.96. The molecular formula is C14H12Cl2N2O3. The lowest BCUT2D eigenvalue weighted by Crippen LogP contribution is -2.16. The van der Waals surface area contributed by atoms with Crippen LogP contribution in [0.1, 0.15) is 17.0 Å². The van der Waals surface area contributed by atoms with Crippen molar-refractivity contribution in [1.29, 1.82) is 0 Å². The molecule has 2 rings (SSSR count). The molecule has 0 radical (unpaired) electrons. The summed E-state index contributed by atoms with van der Waals surface area (Å²) in [5, 5.41) is 9.66. The Labute approximate surface area is 131 Å². The molecule has 7 heteroatoms. The molecule has 1 heterocycles. The Hall–Kier alpha value is -1.85. The van der Waals surface area contributed by atoms with E-state index < -0.39 is 11.9 Å². The molecule has 0 fully saturated rings. The molecule has 0 saturated carbocycles. The van der Waals surface area contributed by atoms with Gasteiger partial charge in [-0.05, 0) is 24.1 Å². The maximum Gasteiger partial charge on any atom is 0.311 e. The third-order valence-electron chi connectivity index (χ3n) is 3.02. The number of aromatic nitrogens is 2. The summed E-state index contributed by atoms with van der Waals surface area (Å²) in [6.07, 6.45) is 1.58. The molecule has 5 nitrogen and oxygen atoms in total. The zero-order valence-electron chi connectivity index (χ0n) is 11.1. The van der Waals surface area contributed by atoms with Gasteiger partial charge in [-0.1, -0.05) is 29.8 Å². The van der Waals surface area contributed by atoms with Crippen LogP contribution in [0.15, 0.2) is 30.5 Å². The van der Waals surface area contributed by atoms with E-state index in [0.717, 1.165) is 0 Å². The van der Waals surface area contributed by atoms with Crippen molar-refractivity contribution in [3.63, 3.8) is 0 Å². The molecule has 0 bridgehead atoms. The largest absolute Gasteiger partial charge is 0.496 e. The van der Waals surface area contributed by atoms with Crippen molar-refractivity contribution in [3.8, 4) is 5.75 Å². The van der Waals surface area contributed by atoms with Gasteiger partial charge in [-0.15, -0.1) is 0 Å². The Morgan fingerprint density at radius 3 is 2.71 bits per heavy atom. The second kappa shape index (κ2) is 6.74. The average molecular weight is 327 g/mol. The summed E-state index contributed by atoms with van der Waals surface area (Å²) in [5.41, 5.74) is 1.08. The van der Waals surface area contributed by atoms with Crippen LogP contribution in [0.25, 0.3) is 0 Å². The molecular weight excluding hydrogens is 315 g/mol. The van der Waals surface area contributed by atoms with Crippen LogP contribution in [0, 0.1) is 0 Å². The van der Waals surface area contributed by atoms with Crippen molar-refractivity contribution in [2.75, 3.05) is 7.11 Å². The second-order valence-corrected chi connectivity index (χ2v) is 4.99. The Morgan fingerprint density at radius 1 is 1.38 bits per heavy atom. The van der Waals surface area contributed by atoms with E-state index in [2.05, 4.69) is 9.97 Å². The number of carboxylic acid groups (broad SMARTS) is 1. The molecule has 0 spiro atoms. The lowest BCUT2D eigenvalue weighted by Gasteiger charge is -2.16. The number of ether oxygens (including phenoxy) is 1. The number of hydrogen-bond acceptors (Lipinski definition) is 4. The highest BCUT2D eigenvalue weighted by atomic mass is 35.5. The van der Waals surface area contributed by atoms with Crippen LogP contribution >= 0.6 is 23.2 Å². The lowest BCUT2D eigenvalue weighted by atomic mass is 9.92. The highest BCUT2D eigenvalue weighted by Gasteiger charge is 2.25. The fraction of sp³-hybridized carbons (Fsp3) is 0.214. The van der Waals surface area contributed by atoms with Crippen LogP contribution in [0.4, 0.5) is 0 Å². The number of methoxy groups -OCH3 is 1. The Kier molecular flexibility index (Phi) is 4.98. The van der Waals surface area contributed by atoms with Gasteiger partial charge in [0, 0.05) is 17.3 Å². The number of carbonyl (C=O) groups is 1. The molecule has 1 unspecified atom stereocenters. The summed E-state index contributed by atoms with van der Waals surface area (Å²) in [7, 11) is 1.50. The lowest BCUT2D eigenvalue weighted by molar-refractivity contribution is -0.138. The number of nitrogens with zero attached hydrogens (tertiary/aromatic N) is 2. The zero-order valence-corrected chi connectivity index (χ0v) is 12.6. The number of benzene rings is 1. The minimum absolute atomic E-state index is 0.0212. The Balaban J connectivity index is 2.38. The van der Waals surface area contributed by atoms with Gasteiger partial charge in [-0.3, -0.25) is 4.79 Å². The van der Waals surface area contributed by atoms with E-state index in [1.807, 2.05) is 0 Å². The Morgan fingerprint density at radius 2 is 2.10 bits per heavy atom. The van der Waals surface area contributed by atoms with Gasteiger partial charge in [0.25, 0.3) is 0 Å². The Bertz CT molecular complexity index is 664. The van der Waals surface area contributed by atoms with Crippen molar-refractivity contribution in [3.05, 3.63) is 52.0 Å². The molecule has 1 aromatic heterocycles. The van der Waals surface area contributed by atoms with Gasteiger partial charge in [0.15, 0.2) is 0 Å².